The van der Waals surface area contributed by atoms with E-state index in [1.807, 2.05) is 0 Å². The van der Waals surface area contributed by atoms with Crippen molar-refractivity contribution in [3.8, 4) is 0 Å². The first-order valence-corrected chi connectivity index (χ1v) is 10.0. The van der Waals surface area contributed by atoms with Crippen LogP contribution < -0.4 is 0 Å². The molecule has 1 unspecified atom stereocenters. The second-order valence-electron chi connectivity index (χ2n) is 4.73. The molecule has 0 saturated carbocycles. The molecule has 0 aliphatic carbocycles. The summed E-state index contributed by atoms with van der Waals surface area (Å²) in [5.74, 6) is -3.06. The van der Waals surface area contributed by atoms with Gasteiger partial charge in [-0.05, 0) is 5.56 Å². The van der Waals surface area contributed by atoms with E-state index in [9.17, 15) is 21.6 Å². The zero-order chi connectivity index (χ0) is 16.1. The van der Waals surface area contributed by atoms with Crippen LogP contribution in [0.15, 0.2) is 30.3 Å². The van der Waals surface area contributed by atoms with E-state index < -0.39 is 48.8 Å². The third-order valence-corrected chi connectivity index (χ3v) is 5.74. The van der Waals surface area contributed by atoms with Crippen LogP contribution in [0, 0.1) is 0 Å². The van der Waals surface area contributed by atoms with E-state index in [0.29, 0.717) is 5.56 Å². The van der Waals surface area contributed by atoms with Crippen LogP contribution in [-0.2, 0) is 29.2 Å². The summed E-state index contributed by atoms with van der Waals surface area (Å²) < 4.78 is 50.8. The Morgan fingerprint density at radius 3 is 2.14 bits per heavy atom. The summed E-state index contributed by atoms with van der Waals surface area (Å²) in [5.41, 5.74) is 0.521. The molecular formula is C13H18O6S2. The molecule has 1 rings (SSSR count). The minimum atomic E-state index is -3.70. The van der Waals surface area contributed by atoms with Crippen LogP contribution in [0.3, 0.4) is 0 Å². The molecule has 0 spiro atoms. The molecule has 0 heterocycles. The first-order chi connectivity index (χ1) is 9.64. The van der Waals surface area contributed by atoms with Crippen molar-refractivity contribution in [3.05, 3.63) is 35.9 Å². The Morgan fingerprint density at radius 1 is 1.10 bits per heavy atom. The number of ether oxygens (including phenoxy) is 1. The normalized spacial score (nSPS) is 13.6. The van der Waals surface area contributed by atoms with E-state index in [2.05, 4.69) is 4.74 Å². The highest BCUT2D eigenvalue weighted by Gasteiger charge is 2.28. The fourth-order valence-electron chi connectivity index (χ4n) is 1.74. The molecule has 0 bridgehead atoms. The van der Waals surface area contributed by atoms with Gasteiger partial charge in [0.15, 0.2) is 9.84 Å². The Kier molecular flexibility index (Phi) is 5.91. The van der Waals surface area contributed by atoms with Crippen molar-refractivity contribution < 1.29 is 26.4 Å². The van der Waals surface area contributed by atoms with Gasteiger partial charge in [0, 0.05) is 6.26 Å². The molecule has 0 aliphatic heterocycles. The number of hydrogen-bond donors (Lipinski definition) is 0. The van der Waals surface area contributed by atoms with Crippen LogP contribution in [0.4, 0.5) is 0 Å². The first-order valence-electron chi connectivity index (χ1n) is 6.15. The van der Waals surface area contributed by atoms with Crippen LogP contribution in [0.2, 0.25) is 0 Å². The zero-order valence-electron chi connectivity index (χ0n) is 11.9. The highest BCUT2D eigenvalue weighted by molar-refractivity contribution is 7.94. The van der Waals surface area contributed by atoms with Crippen molar-refractivity contribution in [1.82, 2.24) is 0 Å². The maximum absolute atomic E-state index is 12.0. The van der Waals surface area contributed by atoms with Crippen molar-refractivity contribution in [1.29, 1.82) is 0 Å². The summed E-state index contributed by atoms with van der Waals surface area (Å²) in [7, 11) is -5.89. The lowest BCUT2D eigenvalue weighted by Crippen LogP contribution is -2.27. The Hall–Kier alpha value is -1.41. The molecule has 0 fully saturated rings. The molecule has 0 amide bonds. The maximum atomic E-state index is 12.0. The van der Waals surface area contributed by atoms with E-state index >= 15 is 0 Å². The maximum Gasteiger partial charge on any atom is 0.314 e. The van der Waals surface area contributed by atoms with Crippen LogP contribution in [-0.4, -0.2) is 53.4 Å². The fourth-order valence-corrected chi connectivity index (χ4v) is 4.97. The van der Waals surface area contributed by atoms with Gasteiger partial charge < -0.3 is 4.74 Å². The fraction of sp³-hybridized carbons (Fsp3) is 0.462. The molecular weight excluding hydrogens is 316 g/mol. The van der Waals surface area contributed by atoms with Gasteiger partial charge in [-0.2, -0.15) is 0 Å². The van der Waals surface area contributed by atoms with Crippen LogP contribution in [0.25, 0.3) is 0 Å². The van der Waals surface area contributed by atoms with Gasteiger partial charge in [-0.3, -0.25) is 4.79 Å². The number of hydrogen-bond acceptors (Lipinski definition) is 6. The third kappa shape index (κ3) is 6.26. The van der Waals surface area contributed by atoms with Gasteiger partial charge in [-0.1, -0.05) is 30.3 Å². The average Bonchev–Trinajstić information content (AvgIpc) is 2.42. The van der Waals surface area contributed by atoms with Gasteiger partial charge in [0.25, 0.3) is 0 Å². The third-order valence-electron chi connectivity index (χ3n) is 2.87. The van der Waals surface area contributed by atoms with E-state index in [1.54, 1.807) is 30.3 Å². The van der Waals surface area contributed by atoms with Crippen LogP contribution in [0.1, 0.15) is 11.5 Å². The van der Waals surface area contributed by atoms with E-state index in [-0.39, 0.29) is 0 Å². The lowest BCUT2D eigenvalue weighted by molar-refractivity contribution is -0.141. The summed E-state index contributed by atoms with van der Waals surface area (Å²) in [6.07, 6.45) is 0.970. The average molecular weight is 334 g/mol. The number of rotatable bonds is 7. The molecule has 0 radical (unpaired) electrons. The lowest BCUT2D eigenvalue weighted by atomic mass is 10.0. The molecule has 0 aromatic heterocycles. The van der Waals surface area contributed by atoms with Gasteiger partial charge in [0.05, 0.1) is 30.3 Å². The molecule has 0 N–H and O–H groups in total. The summed E-state index contributed by atoms with van der Waals surface area (Å²) in [5, 5.41) is 0. The minimum absolute atomic E-state index is 0.460. The number of esters is 1. The van der Waals surface area contributed by atoms with Gasteiger partial charge in [0.2, 0.25) is 0 Å². The van der Waals surface area contributed by atoms with Crippen LogP contribution >= 0.6 is 0 Å². The van der Waals surface area contributed by atoms with Gasteiger partial charge in [0.1, 0.15) is 9.84 Å². The van der Waals surface area contributed by atoms with Gasteiger partial charge >= 0.3 is 5.97 Å². The van der Waals surface area contributed by atoms with Crippen molar-refractivity contribution >= 4 is 25.6 Å². The Labute approximate surface area is 125 Å². The molecule has 1 aromatic carbocycles. The lowest BCUT2D eigenvalue weighted by Gasteiger charge is -2.15. The van der Waals surface area contributed by atoms with E-state index in [4.69, 9.17) is 0 Å². The molecule has 1 aromatic rings. The number of sulfone groups is 2. The number of methoxy groups -OCH3 is 1. The quantitative estimate of drug-likeness (QED) is 0.670. The molecule has 118 valence electrons. The molecule has 0 saturated heterocycles. The SMILES string of the molecule is COC(=O)C(CS(=O)(=O)CCS(C)(=O)=O)c1ccccc1. The molecule has 0 aliphatic rings. The highest BCUT2D eigenvalue weighted by Crippen LogP contribution is 2.19. The molecule has 6 nitrogen and oxygen atoms in total. The smallest absolute Gasteiger partial charge is 0.314 e. The Balaban J connectivity index is 2.94. The predicted octanol–water partition coefficient (Wildman–Crippen LogP) is 0.403. The second-order valence-corrected chi connectivity index (χ2v) is 9.22. The van der Waals surface area contributed by atoms with Gasteiger partial charge in [-0.25, -0.2) is 16.8 Å². The van der Waals surface area contributed by atoms with E-state index in [1.165, 1.54) is 7.11 Å². The van der Waals surface area contributed by atoms with E-state index in [0.717, 1.165) is 6.26 Å². The number of carbonyl (C=O) groups excluding carboxylic acids is 1. The minimum Gasteiger partial charge on any atom is -0.469 e. The molecule has 1 atom stereocenters. The Bertz CT molecular complexity index is 677. The largest absolute Gasteiger partial charge is 0.469 e. The van der Waals surface area contributed by atoms with Crippen molar-refractivity contribution in [2.24, 2.45) is 0 Å². The topological polar surface area (TPSA) is 94.6 Å². The monoisotopic (exact) mass is 334 g/mol. The van der Waals surface area contributed by atoms with Crippen molar-refractivity contribution in [3.63, 3.8) is 0 Å². The predicted molar refractivity (Wildman–Crippen MR) is 79.6 cm³/mol. The van der Waals surface area contributed by atoms with Gasteiger partial charge in [-0.15, -0.1) is 0 Å². The standard InChI is InChI=1S/C13H18O6S2/c1-19-13(14)12(11-6-4-3-5-7-11)10-21(17,18)9-8-20(2,15)16/h3-7,12H,8-10H2,1-2H3. The molecule has 8 heteroatoms. The summed E-state index contributed by atoms with van der Waals surface area (Å²) >= 11 is 0. The summed E-state index contributed by atoms with van der Waals surface area (Å²) in [4.78, 5) is 11.8. The highest BCUT2D eigenvalue weighted by atomic mass is 32.2. The van der Waals surface area contributed by atoms with Crippen molar-refractivity contribution in [2.45, 2.75) is 5.92 Å². The Morgan fingerprint density at radius 2 is 1.67 bits per heavy atom. The summed E-state index contributed by atoms with van der Waals surface area (Å²) in [6, 6.07) is 8.39. The summed E-state index contributed by atoms with van der Waals surface area (Å²) in [6.45, 7) is 0. The zero-order valence-corrected chi connectivity index (χ0v) is 13.5. The van der Waals surface area contributed by atoms with Crippen LogP contribution in [0.5, 0.6) is 0 Å². The molecule has 21 heavy (non-hydrogen) atoms. The first kappa shape index (κ1) is 17.6. The van der Waals surface area contributed by atoms with Crippen molar-refractivity contribution in [2.75, 3.05) is 30.6 Å². The second kappa shape index (κ2) is 7.04. The number of benzene rings is 1. The number of carbonyl (C=O) groups is 1.